The number of nitrogens with one attached hydrogen (secondary N) is 1. The smallest absolute Gasteiger partial charge is 0.182 e. The summed E-state index contributed by atoms with van der Waals surface area (Å²) in [7, 11) is 0. The van der Waals surface area contributed by atoms with Gasteiger partial charge in [-0.15, -0.1) is 11.3 Å². The molecule has 1 fully saturated rings. The number of aromatic nitrogens is 1. The van der Waals surface area contributed by atoms with Crippen molar-refractivity contribution >= 4 is 45.4 Å². The van der Waals surface area contributed by atoms with Crippen molar-refractivity contribution < 1.29 is 0 Å². The van der Waals surface area contributed by atoms with Crippen molar-refractivity contribution in [1.82, 2.24) is 4.98 Å². The quantitative estimate of drug-likeness (QED) is 0.923. The Bertz CT molecular complexity index is 559. The van der Waals surface area contributed by atoms with E-state index in [1.807, 2.05) is 29.8 Å². The van der Waals surface area contributed by atoms with Crippen LogP contribution in [0.1, 0.15) is 6.42 Å². The number of thiazole rings is 1. The minimum Gasteiger partial charge on any atom is -0.369 e. The highest BCUT2D eigenvalue weighted by molar-refractivity contribution is 7.13. The van der Waals surface area contributed by atoms with E-state index in [0.717, 1.165) is 30.3 Å². The van der Waals surface area contributed by atoms with Gasteiger partial charge in [-0.3, -0.25) is 0 Å². The molecule has 1 aromatic carbocycles. The molecule has 1 aliphatic rings. The molecule has 3 rings (SSSR count). The maximum atomic E-state index is 6.06. The van der Waals surface area contributed by atoms with E-state index in [1.54, 1.807) is 11.3 Å². The van der Waals surface area contributed by atoms with Crippen LogP contribution in [0.3, 0.4) is 0 Å². The van der Waals surface area contributed by atoms with Gasteiger partial charge in [0.2, 0.25) is 0 Å². The van der Waals surface area contributed by atoms with Crippen molar-refractivity contribution in [2.45, 2.75) is 12.5 Å². The standard InChI is InChI=1S/C13H13Cl2N3S/c14-11-2-1-10(7-12(11)15)18-5-3-9(8-18)17-13-16-4-6-19-13/h1-2,4,6-7,9H,3,5,8H2,(H,16,17). The largest absolute Gasteiger partial charge is 0.369 e. The number of hydrogen-bond acceptors (Lipinski definition) is 4. The first-order valence-electron chi connectivity index (χ1n) is 6.08. The minimum atomic E-state index is 0.431. The SMILES string of the molecule is Clc1ccc(N2CCC(Nc3nccs3)C2)cc1Cl. The Kier molecular flexibility index (Phi) is 3.82. The van der Waals surface area contributed by atoms with Crippen molar-refractivity contribution in [1.29, 1.82) is 0 Å². The third kappa shape index (κ3) is 2.96. The number of halogens is 2. The number of anilines is 2. The lowest BCUT2D eigenvalue weighted by molar-refractivity contribution is 0.805. The lowest BCUT2D eigenvalue weighted by atomic mass is 10.3. The van der Waals surface area contributed by atoms with Crippen molar-refractivity contribution in [3.05, 3.63) is 39.8 Å². The molecule has 0 aliphatic carbocycles. The van der Waals surface area contributed by atoms with E-state index in [-0.39, 0.29) is 0 Å². The van der Waals surface area contributed by atoms with Gasteiger partial charge in [-0.05, 0) is 24.6 Å². The summed E-state index contributed by atoms with van der Waals surface area (Å²) in [6, 6.07) is 6.22. The van der Waals surface area contributed by atoms with Crippen LogP contribution in [-0.4, -0.2) is 24.1 Å². The van der Waals surface area contributed by atoms with Gasteiger partial charge in [0.1, 0.15) is 0 Å². The molecule has 6 heteroatoms. The molecule has 1 unspecified atom stereocenters. The van der Waals surface area contributed by atoms with Crippen LogP contribution in [0.25, 0.3) is 0 Å². The van der Waals surface area contributed by atoms with Crippen LogP contribution in [0.4, 0.5) is 10.8 Å². The predicted octanol–water partition coefficient (Wildman–Crippen LogP) is 4.14. The van der Waals surface area contributed by atoms with Gasteiger partial charge in [0, 0.05) is 36.4 Å². The van der Waals surface area contributed by atoms with E-state index in [1.165, 1.54) is 0 Å². The van der Waals surface area contributed by atoms with E-state index in [0.29, 0.717) is 16.1 Å². The molecule has 1 atom stereocenters. The van der Waals surface area contributed by atoms with Crippen LogP contribution in [0.2, 0.25) is 10.0 Å². The monoisotopic (exact) mass is 313 g/mol. The fourth-order valence-electron chi connectivity index (χ4n) is 2.26. The zero-order valence-corrected chi connectivity index (χ0v) is 12.5. The molecule has 1 N–H and O–H groups in total. The first-order valence-corrected chi connectivity index (χ1v) is 7.72. The average molecular weight is 314 g/mol. The maximum Gasteiger partial charge on any atom is 0.182 e. The maximum absolute atomic E-state index is 6.06. The van der Waals surface area contributed by atoms with Gasteiger partial charge in [0.15, 0.2) is 5.13 Å². The molecule has 2 aromatic rings. The summed E-state index contributed by atoms with van der Waals surface area (Å²) in [4.78, 5) is 6.57. The molecule has 0 amide bonds. The Balaban J connectivity index is 1.66. The predicted molar refractivity (Wildman–Crippen MR) is 82.8 cm³/mol. The van der Waals surface area contributed by atoms with Crippen LogP contribution in [0.15, 0.2) is 29.8 Å². The van der Waals surface area contributed by atoms with Gasteiger partial charge in [-0.2, -0.15) is 0 Å². The number of benzene rings is 1. The van der Waals surface area contributed by atoms with E-state index in [9.17, 15) is 0 Å². The van der Waals surface area contributed by atoms with E-state index in [2.05, 4.69) is 15.2 Å². The second kappa shape index (κ2) is 5.57. The lowest BCUT2D eigenvalue weighted by Gasteiger charge is -2.19. The van der Waals surface area contributed by atoms with Crippen LogP contribution >= 0.6 is 34.5 Å². The Morgan fingerprint density at radius 1 is 1.32 bits per heavy atom. The summed E-state index contributed by atoms with van der Waals surface area (Å²) < 4.78 is 0. The van der Waals surface area contributed by atoms with Gasteiger partial charge in [-0.25, -0.2) is 4.98 Å². The molecule has 1 aliphatic heterocycles. The Morgan fingerprint density at radius 2 is 2.21 bits per heavy atom. The Labute approximate surface area is 126 Å². The fraction of sp³-hybridized carbons (Fsp3) is 0.308. The van der Waals surface area contributed by atoms with Crippen molar-refractivity contribution in [2.75, 3.05) is 23.3 Å². The average Bonchev–Trinajstić information content (AvgIpc) is 3.05. The zero-order valence-electron chi connectivity index (χ0n) is 10.1. The van der Waals surface area contributed by atoms with Crippen molar-refractivity contribution in [2.24, 2.45) is 0 Å². The first-order chi connectivity index (χ1) is 9.22. The highest BCUT2D eigenvalue weighted by Crippen LogP contribution is 2.29. The molecule has 1 aromatic heterocycles. The molecular weight excluding hydrogens is 301 g/mol. The minimum absolute atomic E-state index is 0.431. The van der Waals surface area contributed by atoms with E-state index in [4.69, 9.17) is 23.2 Å². The Hall–Kier alpha value is -0.970. The van der Waals surface area contributed by atoms with Crippen LogP contribution in [-0.2, 0) is 0 Å². The molecule has 0 spiro atoms. The molecule has 2 heterocycles. The highest BCUT2D eigenvalue weighted by Gasteiger charge is 2.23. The molecule has 1 saturated heterocycles. The summed E-state index contributed by atoms with van der Waals surface area (Å²) >= 11 is 13.6. The number of nitrogens with zero attached hydrogens (tertiary/aromatic N) is 2. The third-order valence-corrected chi connectivity index (χ3v) is 4.66. The van der Waals surface area contributed by atoms with Gasteiger partial charge in [0.25, 0.3) is 0 Å². The lowest BCUT2D eigenvalue weighted by Crippen LogP contribution is -2.25. The second-order valence-corrected chi connectivity index (χ2v) is 6.22. The van der Waals surface area contributed by atoms with Gasteiger partial charge in [0.05, 0.1) is 10.0 Å². The third-order valence-electron chi connectivity index (χ3n) is 3.22. The summed E-state index contributed by atoms with van der Waals surface area (Å²) in [6.45, 7) is 1.97. The molecule has 19 heavy (non-hydrogen) atoms. The molecule has 0 bridgehead atoms. The van der Waals surface area contributed by atoms with Crippen LogP contribution in [0, 0.1) is 0 Å². The van der Waals surface area contributed by atoms with Crippen molar-refractivity contribution in [3.63, 3.8) is 0 Å². The van der Waals surface area contributed by atoms with Crippen LogP contribution in [0.5, 0.6) is 0 Å². The zero-order chi connectivity index (χ0) is 13.2. The molecule has 0 saturated carbocycles. The summed E-state index contributed by atoms with van der Waals surface area (Å²) in [6.07, 6.45) is 2.92. The molecule has 0 radical (unpaired) electrons. The second-order valence-electron chi connectivity index (χ2n) is 4.51. The topological polar surface area (TPSA) is 28.2 Å². The summed E-state index contributed by atoms with van der Waals surface area (Å²) in [5.74, 6) is 0. The fourth-order valence-corrected chi connectivity index (χ4v) is 3.16. The van der Waals surface area contributed by atoms with Crippen LogP contribution < -0.4 is 10.2 Å². The van der Waals surface area contributed by atoms with Gasteiger partial charge < -0.3 is 10.2 Å². The van der Waals surface area contributed by atoms with Gasteiger partial charge >= 0.3 is 0 Å². The molecular formula is C13H13Cl2N3S. The number of rotatable bonds is 3. The Morgan fingerprint density at radius 3 is 2.95 bits per heavy atom. The van der Waals surface area contributed by atoms with Crippen molar-refractivity contribution in [3.8, 4) is 0 Å². The summed E-state index contributed by atoms with van der Waals surface area (Å²) in [5, 5.41) is 7.63. The first kappa shape index (κ1) is 13.0. The summed E-state index contributed by atoms with van der Waals surface area (Å²) in [5.41, 5.74) is 1.12. The normalized spacial score (nSPS) is 18.8. The van der Waals surface area contributed by atoms with E-state index >= 15 is 0 Å². The highest BCUT2D eigenvalue weighted by atomic mass is 35.5. The van der Waals surface area contributed by atoms with E-state index < -0.39 is 0 Å². The number of hydrogen-bond donors (Lipinski definition) is 1. The van der Waals surface area contributed by atoms with Gasteiger partial charge in [-0.1, -0.05) is 23.2 Å². The molecule has 3 nitrogen and oxygen atoms in total. The molecule has 100 valence electrons.